The van der Waals surface area contributed by atoms with Gasteiger partial charge in [0, 0.05) is 26.0 Å². The third-order valence-electron chi connectivity index (χ3n) is 2.22. The molecule has 3 N–H and O–H groups in total. The normalized spacial score (nSPS) is 11.6. The Balaban J connectivity index is 2.00. The predicted octanol–water partition coefficient (Wildman–Crippen LogP) is 1.42. The first kappa shape index (κ1) is 14.0. The van der Waals surface area contributed by atoms with Crippen LogP contribution < -0.4 is 11.1 Å². The van der Waals surface area contributed by atoms with Crippen LogP contribution in [0.4, 0.5) is 24.8 Å². The lowest BCUT2D eigenvalue weighted by atomic mass is 10.4. The molecule has 0 saturated heterocycles. The van der Waals surface area contributed by atoms with E-state index in [1.54, 1.807) is 6.92 Å². The van der Waals surface area contributed by atoms with Crippen molar-refractivity contribution in [2.24, 2.45) is 0 Å². The molecule has 0 aromatic carbocycles. The minimum atomic E-state index is -4.64. The van der Waals surface area contributed by atoms with Gasteiger partial charge in [0.2, 0.25) is 11.7 Å². The number of anilines is 2. The average Bonchev–Trinajstić information content (AvgIpc) is 2.73. The molecule has 0 radical (unpaired) electrons. The molecule has 0 fully saturated rings. The quantitative estimate of drug-likeness (QED) is 0.877. The monoisotopic (exact) mass is 288 g/mol. The molecule has 2 aromatic heterocycles. The number of hydrogen-bond donors (Lipinski definition) is 2. The van der Waals surface area contributed by atoms with Gasteiger partial charge in [-0.1, -0.05) is 5.16 Å². The number of alkyl halides is 3. The number of hydrogen-bond acceptors (Lipinski definition) is 7. The number of nitrogens with zero attached hydrogens (tertiary/aromatic N) is 4. The summed E-state index contributed by atoms with van der Waals surface area (Å²) in [6.07, 6.45) is -4.26. The molecule has 7 nitrogen and oxygen atoms in total. The van der Waals surface area contributed by atoms with Crippen LogP contribution in [0.25, 0.3) is 0 Å². The number of nitrogens with two attached hydrogens (primary N) is 1. The number of nitrogen functional groups attached to an aromatic ring is 1. The highest BCUT2D eigenvalue weighted by atomic mass is 19.4. The Kier molecular flexibility index (Phi) is 3.72. The van der Waals surface area contributed by atoms with Crippen molar-refractivity contribution in [2.75, 3.05) is 17.6 Å². The van der Waals surface area contributed by atoms with E-state index in [9.17, 15) is 13.2 Å². The first-order chi connectivity index (χ1) is 9.34. The van der Waals surface area contributed by atoms with Gasteiger partial charge in [0.25, 0.3) is 0 Å². The van der Waals surface area contributed by atoms with Crippen LogP contribution in [0.3, 0.4) is 0 Å². The molecule has 20 heavy (non-hydrogen) atoms. The van der Waals surface area contributed by atoms with E-state index in [2.05, 4.69) is 25.4 Å². The van der Waals surface area contributed by atoms with Crippen LogP contribution in [0.5, 0.6) is 0 Å². The zero-order chi connectivity index (χ0) is 14.8. The summed E-state index contributed by atoms with van der Waals surface area (Å²) in [5, 5.41) is 6.36. The Morgan fingerprint density at radius 2 is 2.05 bits per heavy atom. The Morgan fingerprint density at radius 1 is 1.30 bits per heavy atom. The molecular weight excluding hydrogens is 277 g/mol. The molecule has 10 heteroatoms. The van der Waals surface area contributed by atoms with E-state index in [1.165, 1.54) is 6.07 Å². The fourth-order valence-corrected chi connectivity index (χ4v) is 1.43. The Bertz CT molecular complexity index is 597. The molecule has 0 aliphatic heterocycles. The summed E-state index contributed by atoms with van der Waals surface area (Å²) < 4.78 is 42.3. The second kappa shape index (κ2) is 5.31. The van der Waals surface area contributed by atoms with Gasteiger partial charge in [-0.3, -0.25) is 0 Å². The van der Waals surface area contributed by atoms with Crippen molar-refractivity contribution in [2.45, 2.75) is 19.5 Å². The molecular formula is C10H11F3N6O. The molecule has 0 aliphatic carbocycles. The van der Waals surface area contributed by atoms with Crippen LogP contribution >= 0.6 is 0 Å². The largest absolute Gasteiger partial charge is 0.451 e. The highest BCUT2D eigenvalue weighted by Gasteiger charge is 2.35. The lowest BCUT2D eigenvalue weighted by Crippen LogP contribution is -2.15. The summed E-state index contributed by atoms with van der Waals surface area (Å²) in [5.41, 5.74) is 5.31. The fraction of sp³-hybridized carbons (Fsp3) is 0.400. The molecule has 108 valence electrons. The standard InChI is InChI=1S/C10H11F3N6O/c1-5-16-7(19-20-5)2-3-15-8-4-6(14)17-9(18-8)10(11,12)13/h4H,2-3H2,1H3,(H3,14,15,17,18). The van der Waals surface area contributed by atoms with Gasteiger partial charge in [0.1, 0.15) is 11.6 Å². The molecule has 0 atom stereocenters. The van der Waals surface area contributed by atoms with E-state index in [0.29, 0.717) is 18.1 Å². The van der Waals surface area contributed by atoms with Crippen molar-refractivity contribution >= 4 is 11.6 Å². The summed E-state index contributed by atoms with van der Waals surface area (Å²) in [5.74, 6) is -0.676. The molecule has 0 unspecified atom stereocenters. The van der Waals surface area contributed by atoms with E-state index >= 15 is 0 Å². The highest BCUT2D eigenvalue weighted by molar-refractivity contribution is 5.44. The lowest BCUT2D eigenvalue weighted by molar-refractivity contribution is -0.144. The Labute approximate surface area is 111 Å². The molecule has 2 aromatic rings. The van der Waals surface area contributed by atoms with Crippen molar-refractivity contribution in [1.29, 1.82) is 0 Å². The number of aryl methyl sites for hydroxylation is 1. The van der Waals surface area contributed by atoms with E-state index in [1.807, 2.05) is 0 Å². The molecule has 0 spiro atoms. The third-order valence-corrected chi connectivity index (χ3v) is 2.22. The average molecular weight is 288 g/mol. The van der Waals surface area contributed by atoms with Crippen LogP contribution in [0.2, 0.25) is 0 Å². The van der Waals surface area contributed by atoms with E-state index in [0.717, 1.165) is 0 Å². The van der Waals surface area contributed by atoms with Crippen molar-refractivity contribution in [1.82, 2.24) is 20.1 Å². The van der Waals surface area contributed by atoms with Gasteiger partial charge >= 0.3 is 6.18 Å². The maximum Gasteiger partial charge on any atom is 0.451 e. The summed E-state index contributed by atoms with van der Waals surface area (Å²) in [6.45, 7) is 1.93. The number of rotatable bonds is 4. The zero-order valence-electron chi connectivity index (χ0n) is 10.4. The first-order valence-electron chi connectivity index (χ1n) is 5.59. The zero-order valence-corrected chi connectivity index (χ0v) is 10.4. The Hall–Kier alpha value is -2.39. The second-order valence-electron chi connectivity index (χ2n) is 3.91. The summed E-state index contributed by atoms with van der Waals surface area (Å²) in [7, 11) is 0. The van der Waals surface area contributed by atoms with E-state index in [-0.39, 0.29) is 18.2 Å². The van der Waals surface area contributed by atoms with Gasteiger partial charge in [-0.25, -0.2) is 9.97 Å². The van der Waals surface area contributed by atoms with Gasteiger partial charge in [-0.2, -0.15) is 18.2 Å². The number of nitrogens with one attached hydrogen (secondary N) is 1. The smallest absolute Gasteiger partial charge is 0.384 e. The summed E-state index contributed by atoms with van der Waals surface area (Å²) in [6, 6.07) is 1.22. The predicted molar refractivity (Wildman–Crippen MR) is 62.7 cm³/mol. The molecule has 0 amide bonds. The van der Waals surface area contributed by atoms with Crippen LogP contribution in [0, 0.1) is 6.92 Å². The number of halogens is 3. The minimum Gasteiger partial charge on any atom is -0.384 e. The van der Waals surface area contributed by atoms with Gasteiger partial charge in [-0.05, 0) is 0 Å². The second-order valence-corrected chi connectivity index (χ2v) is 3.91. The van der Waals surface area contributed by atoms with Crippen LogP contribution in [0.1, 0.15) is 17.5 Å². The number of aromatic nitrogens is 4. The van der Waals surface area contributed by atoms with Crippen molar-refractivity contribution in [3.63, 3.8) is 0 Å². The molecule has 0 bridgehead atoms. The summed E-state index contributed by atoms with van der Waals surface area (Å²) in [4.78, 5) is 10.4. The minimum absolute atomic E-state index is 0.00922. The lowest BCUT2D eigenvalue weighted by Gasteiger charge is -2.09. The topological polar surface area (TPSA) is 103 Å². The van der Waals surface area contributed by atoms with Crippen molar-refractivity contribution < 1.29 is 17.7 Å². The molecule has 2 heterocycles. The van der Waals surface area contributed by atoms with E-state index < -0.39 is 12.0 Å². The van der Waals surface area contributed by atoms with Gasteiger partial charge in [0.15, 0.2) is 5.82 Å². The maximum absolute atomic E-state index is 12.5. The summed E-state index contributed by atoms with van der Waals surface area (Å²) >= 11 is 0. The van der Waals surface area contributed by atoms with Crippen LogP contribution in [0.15, 0.2) is 10.6 Å². The van der Waals surface area contributed by atoms with Crippen LogP contribution in [-0.2, 0) is 12.6 Å². The van der Waals surface area contributed by atoms with Crippen molar-refractivity contribution in [3.8, 4) is 0 Å². The molecule has 2 rings (SSSR count). The third kappa shape index (κ3) is 3.56. The molecule has 0 saturated carbocycles. The van der Waals surface area contributed by atoms with Crippen LogP contribution in [-0.4, -0.2) is 26.7 Å². The van der Waals surface area contributed by atoms with Crippen molar-refractivity contribution in [3.05, 3.63) is 23.6 Å². The maximum atomic E-state index is 12.5. The van der Waals surface area contributed by atoms with Gasteiger partial charge in [0.05, 0.1) is 0 Å². The SMILES string of the molecule is Cc1nc(CCNc2cc(N)nc(C(F)(F)F)n2)no1. The Morgan fingerprint density at radius 3 is 2.65 bits per heavy atom. The molecule has 0 aliphatic rings. The van der Waals surface area contributed by atoms with E-state index in [4.69, 9.17) is 10.3 Å². The highest BCUT2D eigenvalue weighted by Crippen LogP contribution is 2.27. The van der Waals surface area contributed by atoms with Gasteiger partial charge in [-0.15, -0.1) is 0 Å². The first-order valence-corrected chi connectivity index (χ1v) is 5.59. The fourth-order valence-electron chi connectivity index (χ4n) is 1.43. The van der Waals surface area contributed by atoms with Gasteiger partial charge < -0.3 is 15.6 Å².